The predicted molar refractivity (Wildman–Crippen MR) is 153 cm³/mol. The number of rotatable bonds is 6. The van der Waals surface area contributed by atoms with E-state index in [4.69, 9.17) is 9.53 Å². The molecule has 220 valence electrons. The summed E-state index contributed by atoms with van der Waals surface area (Å²) in [6.07, 6.45) is 6.85. The first-order chi connectivity index (χ1) is 18.7. The monoisotopic (exact) mass is 547 g/mol. The first-order valence-corrected chi connectivity index (χ1v) is 13.9. The van der Waals surface area contributed by atoms with Gasteiger partial charge in [-0.15, -0.1) is 0 Å². The highest BCUT2D eigenvalue weighted by molar-refractivity contribution is 5.81. The van der Waals surface area contributed by atoms with Gasteiger partial charge < -0.3 is 30.5 Å². The third-order valence-corrected chi connectivity index (χ3v) is 7.24. The van der Waals surface area contributed by atoms with Crippen LogP contribution in [0.4, 0.5) is 0 Å². The molecule has 1 aromatic rings. The molecule has 4 amide bonds. The minimum absolute atomic E-state index is 0.0208. The smallest absolute Gasteiger partial charge is 0.236 e. The highest BCUT2D eigenvalue weighted by Crippen LogP contribution is 2.38. The molecule has 1 unspecified atom stereocenters. The van der Waals surface area contributed by atoms with E-state index in [1.54, 1.807) is 35.0 Å². The van der Waals surface area contributed by atoms with Gasteiger partial charge in [0.25, 0.3) is 0 Å². The Kier molecular flexibility index (Phi) is 15.8. The molecular formula is C29H49N5O5. The van der Waals surface area contributed by atoms with Gasteiger partial charge in [-0.05, 0) is 57.7 Å². The number of benzene rings is 1. The van der Waals surface area contributed by atoms with Crippen molar-refractivity contribution in [3.63, 3.8) is 0 Å². The van der Waals surface area contributed by atoms with Gasteiger partial charge in [0, 0.05) is 59.0 Å². The van der Waals surface area contributed by atoms with E-state index in [2.05, 4.69) is 35.0 Å². The maximum absolute atomic E-state index is 12.1. The lowest BCUT2D eigenvalue weighted by Gasteiger charge is -2.49. The van der Waals surface area contributed by atoms with Gasteiger partial charge in [0.05, 0.1) is 12.6 Å². The lowest BCUT2D eigenvalue weighted by Crippen LogP contribution is -2.59. The Balaban J connectivity index is 0.000000294. The van der Waals surface area contributed by atoms with E-state index < -0.39 is 0 Å². The van der Waals surface area contributed by atoms with Gasteiger partial charge in [-0.1, -0.05) is 25.1 Å². The molecule has 2 saturated heterocycles. The van der Waals surface area contributed by atoms with Crippen LogP contribution in [-0.4, -0.2) is 93.9 Å². The molecule has 1 aromatic carbocycles. The number of likely N-dealkylation sites (N-methyl/N-ethyl adjacent to an activating group) is 2. The summed E-state index contributed by atoms with van der Waals surface area (Å²) in [4.78, 5) is 46.8. The third-order valence-electron chi connectivity index (χ3n) is 7.24. The molecule has 0 aliphatic carbocycles. The van der Waals surface area contributed by atoms with E-state index >= 15 is 0 Å². The normalized spacial score (nSPS) is 17.0. The minimum atomic E-state index is -0.0833. The van der Waals surface area contributed by atoms with E-state index in [-0.39, 0.29) is 29.2 Å². The number of para-hydroxylation sites is 1. The van der Waals surface area contributed by atoms with Crippen LogP contribution < -0.4 is 20.7 Å². The molecule has 3 aliphatic rings. The van der Waals surface area contributed by atoms with Gasteiger partial charge in [0.2, 0.25) is 24.1 Å². The quantitative estimate of drug-likeness (QED) is 0.469. The molecule has 4 rings (SSSR count). The van der Waals surface area contributed by atoms with E-state index in [1.807, 2.05) is 21.9 Å². The summed E-state index contributed by atoms with van der Waals surface area (Å²) in [5.74, 6) is 1.51. The average Bonchev–Trinajstić information content (AvgIpc) is 3.50. The molecule has 39 heavy (non-hydrogen) atoms. The lowest BCUT2D eigenvalue weighted by atomic mass is 9.74. The third kappa shape index (κ3) is 11.6. The SMILES string of the molecule is CCC1(CC(=O)N2CCCC2)CN(C(C)=O)C1.CNC(=O)C(C)NC.CNC=O.c1ccc2c(c1)CCCO2. The van der Waals surface area contributed by atoms with Crippen molar-refractivity contribution in [2.45, 2.75) is 65.3 Å². The van der Waals surface area contributed by atoms with Crippen molar-refractivity contribution in [3.05, 3.63) is 29.8 Å². The van der Waals surface area contributed by atoms with Crippen LogP contribution >= 0.6 is 0 Å². The van der Waals surface area contributed by atoms with Gasteiger partial charge >= 0.3 is 0 Å². The number of hydrogen-bond donors (Lipinski definition) is 3. The fourth-order valence-corrected chi connectivity index (χ4v) is 4.49. The van der Waals surface area contributed by atoms with Crippen LogP contribution in [0.1, 0.15) is 58.4 Å². The average molecular weight is 548 g/mol. The predicted octanol–water partition coefficient (Wildman–Crippen LogP) is 1.97. The molecule has 3 N–H and O–H groups in total. The van der Waals surface area contributed by atoms with Crippen LogP contribution in [0.15, 0.2) is 24.3 Å². The Hall–Kier alpha value is -3.14. The van der Waals surface area contributed by atoms with E-state index in [9.17, 15) is 14.4 Å². The molecule has 3 heterocycles. The summed E-state index contributed by atoms with van der Waals surface area (Å²) < 4.78 is 5.42. The molecule has 0 aromatic heterocycles. The number of hydrogen-bond acceptors (Lipinski definition) is 6. The van der Waals surface area contributed by atoms with Crippen molar-refractivity contribution in [1.29, 1.82) is 0 Å². The minimum Gasteiger partial charge on any atom is -0.493 e. The van der Waals surface area contributed by atoms with Crippen molar-refractivity contribution < 1.29 is 23.9 Å². The Labute approximate surface area is 234 Å². The molecule has 2 fully saturated rings. The molecule has 0 spiro atoms. The highest BCUT2D eigenvalue weighted by Gasteiger charge is 2.44. The topological polar surface area (TPSA) is 120 Å². The first kappa shape index (κ1) is 33.9. The summed E-state index contributed by atoms with van der Waals surface area (Å²) in [5.41, 5.74) is 1.42. The maximum Gasteiger partial charge on any atom is 0.236 e. The number of amides is 4. The number of nitrogens with one attached hydrogen (secondary N) is 3. The zero-order valence-corrected chi connectivity index (χ0v) is 24.7. The molecular weight excluding hydrogens is 498 g/mol. The molecule has 1 atom stereocenters. The second-order valence-corrected chi connectivity index (χ2v) is 10.1. The fourth-order valence-electron chi connectivity index (χ4n) is 4.49. The number of aryl methyl sites for hydroxylation is 1. The van der Waals surface area contributed by atoms with Crippen molar-refractivity contribution >= 4 is 24.1 Å². The largest absolute Gasteiger partial charge is 0.493 e. The molecule has 10 heteroatoms. The lowest BCUT2D eigenvalue weighted by molar-refractivity contribution is -0.148. The molecule has 0 radical (unpaired) electrons. The van der Waals surface area contributed by atoms with E-state index in [1.165, 1.54) is 12.0 Å². The zero-order valence-electron chi connectivity index (χ0n) is 24.7. The van der Waals surface area contributed by atoms with Gasteiger partial charge in [-0.3, -0.25) is 19.2 Å². The second kappa shape index (κ2) is 18.2. The zero-order chi connectivity index (χ0) is 29.3. The number of nitrogens with zero attached hydrogens (tertiary/aromatic N) is 2. The van der Waals surface area contributed by atoms with Crippen LogP contribution in [0.25, 0.3) is 0 Å². The van der Waals surface area contributed by atoms with Gasteiger partial charge in [0.1, 0.15) is 5.75 Å². The molecule has 10 nitrogen and oxygen atoms in total. The molecule has 3 aliphatic heterocycles. The Morgan fingerprint density at radius 1 is 1.05 bits per heavy atom. The summed E-state index contributed by atoms with van der Waals surface area (Å²) in [6, 6.07) is 8.17. The number of carbonyl (C=O) groups excluding carboxylic acids is 4. The second-order valence-electron chi connectivity index (χ2n) is 10.1. The number of ether oxygens (including phenoxy) is 1. The van der Waals surface area contributed by atoms with Crippen LogP contribution in [0.2, 0.25) is 0 Å². The summed E-state index contributed by atoms with van der Waals surface area (Å²) in [6.45, 7) is 9.79. The number of carbonyl (C=O) groups is 4. The van der Waals surface area contributed by atoms with Gasteiger partial charge in [-0.2, -0.15) is 0 Å². The van der Waals surface area contributed by atoms with Crippen LogP contribution in [0.3, 0.4) is 0 Å². The van der Waals surface area contributed by atoms with Crippen molar-refractivity contribution in [3.8, 4) is 5.75 Å². The molecule has 0 bridgehead atoms. The van der Waals surface area contributed by atoms with Crippen molar-refractivity contribution in [1.82, 2.24) is 25.8 Å². The van der Waals surface area contributed by atoms with Crippen LogP contribution in [0, 0.1) is 5.41 Å². The van der Waals surface area contributed by atoms with Crippen LogP contribution in [-0.2, 0) is 25.6 Å². The van der Waals surface area contributed by atoms with E-state index in [0.29, 0.717) is 12.8 Å². The first-order valence-electron chi connectivity index (χ1n) is 13.9. The number of fused-ring (bicyclic) bond motifs is 1. The van der Waals surface area contributed by atoms with E-state index in [0.717, 1.165) is 64.2 Å². The maximum atomic E-state index is 12.1. The highest BCUT2D eigenvalue weighted by atomic mass is 16.5. The standard InChI is InChI=1S/C13H22N2O2.C9H10O.C5H12N2O.C2H5NO/c1-3-13(9-15(10-13)11(2)16)8-12(17)14-6-4-5-7-14;1-2-6-9-8(4-1)5-3-7-10-9;1-4(6-2)5(8)7-3;1-3-2-4/h3-10H2,1-2H3;1-2,4,6H,3,5,7H2;4,6H,1-3H3,(H,7,8);2H,1H3,(H,3,4). The fraction of sp³-hybridized carbons (Fsp3) is 0.655. The van der Waals surface area contributed by atoms with Crippen molar-refractivity contribution in [2.75, 3.05) is 53.9 Å². The summed E-state index contributed by atoms with van der Waals surface area (Å²) >= 11 is 0. The Morgan fingerprint density at radius 3 is 2.13 bits per heavy atom. The summed E-state index contributed by atoms with van der Waals surface area (Å²) in [5, 5.41) is 7.57. The van der Waals surface area contributed by atoms with Gasteiger partial charge in [-0.25, -0.2) is 0 Å². The van der Waals surface area contributed by atoms with Crippen LogP contribution in [0.5, 0.6) is 5.75 Å². The van der Waals surface area contributed by atoms with Gasteiger partial charge in [0.15, 0.2) is 0 Å². The Morgan fingerprint density at radius 2 is 1.67 bits per heavy atom. The summed E-state index contributed by atoms with van der Waals surface area (Å²) in [7, 11) is 4.93. The molecule has 0 saturated carbocycles. The Bertz CT molecular complexity index is 873. The van der Waals surface area contributed by atoms with Crippen molar-refractivity contribution in [2.24, 2.45) is 5.41 Å². The number of likely N-dealkylation sites (tertiary alicyclic amines) is 2.